The van der Waals surface area contributed by atoms with Crippen molar-refractivity contribution in [3.8, 4) is 0 Å². The third kappa shape index (κ3) is 1.83. The highest BCUT2D eigenvalue weighted by Gasteiger charge is 2.63. The summed E-state index contributed by atoms with van der Waals surface area (Å²) in [4.78, 5) is 0. The smallest absolute Gasteiger partial charge is 0.162 e. The molecule has 3 saturated carbocycles. The van der Waals surface area contributed by atoms with Gasteiger partial charge in [-0.2, -0.15) is 0 Å². The van der Waals surface area contributed by atoms with Crippen LogP contribution in [-0.2, 0) is 6.42 Å². The van der Waals surface area contributed by atoms with Crippen LogP contribution < -0.4 is 0 Å². The number of nitrogens with zero attached hydrogens (tertiary/aromatic N) is 1. The molecule has 0 bridgehead atoms. The van der Waals surface area contributed by atoms with Crippen LogP contribution in [0.15, 0.2) is 28.9 Å². The van der Waals surface area contributed by atoms with Crippen molar-refractivity contribution in [2.75, 3.05) is 0 Å². The maximum Gasteiger partial charge on any atom is 0.162 e. The van der Waals surface area contributed by atoms with Crippen molar-refractivity contribution in [3.63, 3.8) is 0 Å². The topological polar surface area (TPSA) is 46.3 Å². The molecular weight excluding hydrogens is 310 g/mol. The Hall–Kier alpha value is -1.35. The Morgan fingerprint density at radius 2 is 2.04 bits per heavy atom. The highest BCUT2D eigenvalue weighted by atomic mass is 16.5. The Balaban J connectivity index is 1.53. The Morgan fingerprint density at radius 1 is 1.24 bits per heavy atom. The van der Waals surface area contributed by atoms with Crippen LogP contribution in [0.1, 0.15) is 63.7 Å². The van der Waals surface area contributed by atoms with Crippen LogP contribution in [0, 0.1) is 28.6 Å². The van der Waals surface area contributed by atoms with E-state index in [1.165, 1.54) is 18.4 Å². The zero-order valence-corrected chi connectivity index (χ0v) is 15.4. The van der Waals surface area contributed by atoms with E-state index in [1.807, 2.05) is 12.3 Å². The van der Waals surface area contributed by atoms with Crippen LogP contribution in [0.4, 0.5) is 0 Å². The molecule has 3 fully saturated rings. The minimum absolute atomic E-state index is 0.00448. The zero-order chi connectivity index (χ0) is 17.4. The van der Waals surface area contributed by atoms with E-state index in [1.54, 1.807) is 5.57 Å². The monoisotopic (exact) mass is 339 g/mol. The Labute approximate surface area is 150 Å². The first-order valence-electron chi connectivity index (χ1n) is 9.92. The number of hydrogen-bond acceptors (Lipinski definition) is 3. The van der Waals surface area contributed by atoms with Crippen molar-refractivity contribution in [3.05, 3.63) is 35.7 Å². The molecule has 0 aliphatic heterocycles. The van der Waals surface area contributed by atoms with Gasteiger partial charge in [-0.05, 0) is 74.2 Å². The van der Waals surface area contributed by atoms with Gasteiger partial charge >= 0.3 is 0 Å². The van der Waals surface area contributed by atoms with E-state index in [2.05, 4.69) is 31.7 Å². The van der Waals surface area contributed by atoms with Gasteiger partial charge in [-0.1, -0.05) is 30.7 Å². The highest BCUT2D eigenvalue weighted by Crippen LogP contribution is 2.67. The first kappa shape index (κ1) is 15.9. The number of fused-ring (bicyclic) bond motifs is 6. The molecule has 4 aliphatic carbocycles. The van der Waals surface area contributed by atoms with Crippen LogP contribution in [-0.4, -0.2) is 15.9 Å². The summed E-state index contributed by atoms with van der Waals surface area (Å²) in [5.41, 5.74) is 2.41. The van der Waals surface area contributed by atoms with Gasteiger partial charge in [0.2, 0.25) is 0 Å². The van der Waals surface area contributed by atoms with E-state index < -0.39 is 5.60 Å². The molecule has 0 spiro atoms. The van der Waals surface area contributed by atoms with Crippen molar-refractivity contribution >= 4 is 6.08 Å². The summed E-state index contributed by atoms with van der Waals surface area (Å²) in [5.74, 6) is 3.03. The SMILES string of the molecule is C=CC1(O)CCC2C3CCC4=Cc5oncc5CC4(C)C3CCC21C. The van der Waals surface area contributed by atoms with E-state index >= 15 is 0 Å². The fourth-order valence-electron chi connectivity index (χ4n) is 7.27. The molecule has 0 aromatic carbocycles. The second-order valence-corrected chi connectivity index (χ2v) is 9.52. The van der Waals surface area contributed by atoms with Crippen LogP contribution in [0.3, 0.4) is 0 Å². The molecule has 6 unspecified atom stereocenters. The standard InChI is InChI=1S/C22H29NO2/c1-4-22(24)10-8-18-16-6-5-15-11-19-14(13-23-25-19)12-20(15,2)17(16)7-9-21(18,22)3/h4,11,13,16-18,24H,1,5-10,12H2,2-3H3. The van der Waals surface area contributed by atoms with Gasteiger partial charge in [-0.15, -0.1) is 6.58 Å². The molecule has 25 heavy (non-hydrogen) atoms. The molecule has 1 N–H and O–H groups in total. The van der Waals surface area contributed by atoms with Crippen molar-refractivity contribution in [2.45, 2.75) is 64.4 Å². The van der Waals surface area contributed by atoms with Crippen LogP contribution >= 0.6 is 0 Å². The molecule has 4 aliphatic rings. The van der Waals surface area contributed by atoms with Gasteiger partial charge in [0, 0.05) is 11.0 Å². The minimum Gasteiger partial charge on any atom is -0.385 e. The summed E-state index contributed by atoms with van der Waals surface area (Å²) in [6.07, 6.45) is 13.9. The lowest BCUT2D eigenvalue weighted by atomic mass is 9.46. The van der Waals surface area contributed by atoms with Crippen molar-refractivity contribution in [1.82, 2.24) is 5.16 Å². The molecule has 3 heteroatoms. The van der Waals surface area contributed by atoms with Gasteiger partial charge in [0.25, 0.3) is 0 Å². The predicted octanol–water partition coefficient (Wildman–Crippen LogP) is 4.77. The Morgan fingerprint density at radius 3 is 2.84 bits per heavy atom. The third-order valence-electron chi connectivity index (χ3n) is 8.83. The van der Waals surface area contributed by atoms with E-state index in [4.69, 9.17) is 4.52 Å². The molecule has 3 nitrogen and oxygen atoms in total. The van der Waals surface area contributed by atoms with E-state index in [9.17, 15) is 5.11 Å². The average molecular weight is 339 g/mol. The normalized spacial score (nSPS) is 48.0. The van der Waals surface area contributed by atoms with Gasteiger partial charge in [-0.25, -0.2) is 0 Å². The molecule has 1 aromatic heterocycles. The summed E-state index contributed by atoms with van der Waals surface area (Å²) < 4.78 is 5.44. The largest absolute Gasteiger partial charge is 0.385 e. The van der Waals surface area contributed by atoms with Gasteiger partial charge in [0.15, 0.2) is 5.76 Å². The van der Waals surface area contributed by atoms with Crippen LogP contribution in [0.2, 0.25) is 0 Å². The predicted molar refractivity (Wildman–Crippen MR) is 97.7 cm³/mol. The van der Waals surface area contributed by atoms with E-state index in [0.29, 0.717) is 11.8 Å². The first-order valence-corrected chi connectivity index (χ1v) is 9.92. The lowest BCUT2D eigenvalue weighted by Gasteiger charge is -2.58. The highest BCUT2D eigenvalue weighted by molar-refractivity contribution is 5.57. The quantitative estimate of drug-likeness (QED) is 0.749. The summed E-state index contributed by atoms with van der Waals surface area (Å²) in [6.45, 7) is 8.78. The molecular formula is C22H29NO2. The molecule has 1 aromatic rings. The van der Waals surface area contributed by atoms with E-state index in [-0.39, 0.29) is 10.8 Å². The first-order chi connectivity index (χ1) is 11.9. The van der Waals surface area contributed by atoms with Gasteiger partial charge in [-0.3, -0.25) is 0 Å². The van der Waals surface area contributed by atoms with Crippen LogP contribution in [0.5, 0.6) is 0 Å². The Kier molecular flexibility index (Phi) is 3.10. The summed E-state index contributed by atoms with van der Waals surface area (Å²) in [5, 5.41) is 15.2. The fourth-order valence-corrected chi connectivity index (χ4v) is 7.27. The number of hydrogen-bond donors (Lipinski definition) is 1. The van der Waals surface area contributed by atoms with Gasteiger partial charge in [0.1, 0.15) is 0 Å². The molecule has 1 heterocycles. The summed E-state index contributed by atoms with van der Waals surface area (Å²) in [7, 11) is 0. The zero-order valence-electron chi connectivity index (χ0n) is 15.4. The van der Waals surface area contributed by atoms with Crippen molar-refractivity contribution in [1.29, 1.82) is 0 Å². The van der Waals surface area contributed by atoms with Crippen molar-refractivity contribution < 1.29 is 9.63 Å². The van der Waals surface area contributed by atoms with Gasteiger partial charge in [0.05, 0.1) is 11.8 Å². The van der Waals surface area contributed by atoms with Crippen molar-refractivity contribution in [2.24, 2.45) is 28.6 Å². The second kappa shape index (κ2) is 4.88. The molecule has 6 atom stereocenters. The lowest BCUT2D eigenvalue weighted by Crippen LogP contribution is -2.54. The number of aromatic nitrogens is 1. The fraction of sp³-hybridized carbons (Fsp3) is 0.682. The molecule has 0 amide bonds. The number of rotatable bonds is 1. The summed E-state index contributed by atoms with van der Waals surface area (Å²) >= 11 is 0. The Bertz CT molecular complexity index is 764. The second-order valence-electron chi connectivity index (χ2n) is 9.52. The summed E-state index contributed by atoms with van der Waals surface area (Å²) in [6, 6.07) is 0. The molecule has 134 valence electrons. The lowest BCUT2D eigenvalue weighted by molar-refractivity contribution is -0.102. The van der Waals surface area contributed by atoms with Gasteiger partial charge < -0.3 is 9.63 Å². The third-order valence-corrected chi connectivity index (χ3v) is 8.83. The van der Waals surface area contributed by atoms with Crippen LogP contribution in [0.25, 0.3) is 6.08 Å². The number of allylic oxidation sites excluding steroid dienone is 1. The van der Waals surface area contributed by atoms with E-state index in [0.717, 1.165) is 43.8 Å². The minimum atomic E-state index is -0.673. The average Bonchev–Trinajstić information content (AvgIpc) is 3.14. The molecule has 0 radical (unpaired) electrons. The number of aliphatic hydroxyl groups is 1. The maximum atomic E-state index is 11.2. The molecule has 0 saturated heterocycles. The molecule has 5 rings (SSSR count). The maximum absolute atomic E-state index is 11.2.